The van der Waals surface area contributed by atoms with E-state index in [9.17, 15) is 18.0 Å². The van der Waals surface area contributed by atoms with Gasteiger partial charge in [-0.1, -0.05) is 0 Å². The lowest BCUT2D eigenvalue weighted by Gasteiger charge is -2.22. The molecule has 7 heteroatoms. The van der Waals surface area contributed by atoms with Crippen molar-refractivity contribution in [2.45, 2.75) is 25.3 Å². The fourth-order valence-electron chi connectivity index (χ4n) is 2.81. The van der Waals surface area contributed by atoms with Crippen LogP contribution in [0.25, 0.3) is 0 Å². The third-order valence-corrected chi connectivity index (χ3v) is 4.28. The number of amides is 1. The van der Waals surface area contributed by atoms with E-state index in [2.05, 4.69) is 4.72 Å². The van der Waals surface area contributed by atoms with Gasteiger partial charge in [-0.05, 0) is 31.0 Å². The molecule has 1 aromatic carbocycles. The highest BCUT2D eigenvalue weighted by Gasteiger charge is 2.61. The summed E-state index contributed by atoms with van der Waals surface area (Å²) in [7, 11) is -3.40. The molecule has 1 saturated carbocycles. The first-order chi connectivity index (χ1) is 9.24. The van der Waals surface area contributed by atoms with Crippen molar-refractivity contribution in [3.05, 3.63) is 23.8 Å². The number of anilines is 2. The Hall–Kier alpha value is -1.89. The van der Waals surface area contributed by atoms with E-state index in [1.165, 1.54) is 17.9 Å². The molecule has 1 amide bonds. The van der Waals surface area contributed by atoms with Crippen LogP contribution in [-0.2, 0) is 14.8 Å². The number of hydrogen-bond donors (Lipinski definition) is 1. The summed E-state index contributed by atoms with van der Waals surface area (Å²) >= 11 is 0. The number of carbonyl (C=O) groups is 2. The minimum atomic E-state index is -3.40. The molecule has 1 heterocycles. The topological polar surface area (TPSA) is 83.6 Å². The van der Waals surface area contributed by atoms with Gasteiger partial charge in [0.2, 0.25) is 15.9 Å². The van der Waals surface area contributed by atoms with E-state index in [4.69, 9.17) is 0 Å². The second-order valence-electron chi connectivity index (χ2n) is 5.32. The highest BCUT2D eigenvalue weighted by atomic mass is 32.2. The van der Waals surface area contributed by atoms with Crippen LogP contribution in [0.5, 0.6) is 0 Å². The highest BCUT2D eigenvalue weighted by Crippen LogP contribution is 2.53. The highest BCUT2D eigenvalue weighted by molar-refractivity contribution is 7.92. The summed E-state index contributed by atoms with van der Waals surface area (Å²) in [6.45, 7) is 1.44. The average Bonchev–Trinajstić information content (AvgIpc) is 3.04. The molecule has 3 rings (SSSR count). The van der Waals surface area contributed by atoms with Gasteiger partial charge in [0.1, 0.15) is 5.54 Å². The van der Waals surface area contributed by atoms with Crippen molar-refractivity contribution in [2.75, 3.05) is 15.9 Å². The van der Waals surface area contributed by atoms with Crippen LogP contribution in [0.4, 0.5) is 11.4 Å². The number of Topliss-reactive ketones (excluding diaryl/α,β-unsaturated/α-hetero) is 1. The molecule has 1 spiro atoms. The Bertz CT molecular complexity index is 735. The third-order valence-electron chi connectivity index (χ3n) is 3.67. The molecule has 1 fully saturated rings. The first-order valence-electron chi connectivity index (χ1n) is 6.22. The monoisotopic (exact) mass is 294 g/mol. The van der Waals surface area contributed by atoms with Crippen molar-refractivity contribution < 1.29 is 18.0 Å². The normalized spacial score (nSPS) is 19.1. The number of hydrogen-bond acceptors (Lipinski definition) is 4. The molecule has 0 aromatic heterocycles. The zero-order valence-corrected chi connectivity index (χ0v) is 12.0. The van der Waals surface area contributed by atoms with Crippen LogP contribution in [0.2, 0.25) is 0 Å². The summed E-state index contributed by atoms with van der Waals surface area (Å²) in [6.07, 6.45) is 2.37. The predicted octanol–water partition coefficient (Wildman–Crippen LogP) is 1.14. The van der Waals surface area contributed by atoms with Crippen molar-refractivity contribution in [3.8, 4) is 0 Å². The van der Waals surface area contributed by atoms with Crippen LogP contribution in [0.15, 0.2) is 18.2 Å². The smallest absolute Gasteiger partial charge is 0.229 e. The van der Waals surface area contributed by atoms with Gasteiger partial charge < -0.3 is 0 Å². The fraction of sp³-hybridized carbons (Fsp3) is 0.385. The van der Waals surface area contributed by atoms with Crippen LogP contribution >= 0.6 is 0 Å². The quantitative estimate of drug-likeness (QED) is 0.886. The largest absolute Gasteiger partial charge is 0.298 e. The Morgan fingerprint density at radius 2 is 2.00 bits per heavy atom. The van der Waals surface area contributed by atoms with Gasteiger partial charge >= 0.3 is 0 Å². The average molecular weight is 294 g/mol. The molecule has 2 aliphatic rings. The molecule has 1 aliphatic carbocycles. The molecule has 0 unspecified atom stereocenters. The summed E-state index contributed by atoms with van der Waals surface area (Å²) in [5, 5.41) is 0. The van der Waals surface area contributed by atoms with Crippen molar-refractivity contribution in [2.24, 2.45) is 0 Å². The Labute approximate surface area is 116 Å². The van der Waals surface area contributed by atoms with E-state index in [-0.39, 0.29) is 11.7 Å². The number of carbonyl (C=O) groups excluding carboxylic acids is 2. The molecule has 1 aliphatic heterocycles. The maximum Gasteiger partial charge on any atom is 0.229 e. The number of fused-ring (bicyclic) bond motifs is 1. The van der Waals surface area contributed by atoms with Crippen molar-refractivity contribution in [1.82, 2.24) is 0 Å². The second-order valence-corrected chi connectivity index (χ2v) is 7.07. The van der Waals surface area contributed by atoms with Crippen molar-refractivity contribution in [1.29, 1.82) is 0 Å². The molecule has 0 saturated heterocycles. The van der Waals surface area contributed by atoms with Gasteiger partial charge in [-0.3, -0.25) is 19.2 Å². The second kappa shape index (κ2) is 3.82. The van der Waals surface area contributed by atoms with Gasteiger partial charge in [-0.2, -0.15) is 0 Å². The lowest BCUT2D eigenvalue weighted by molar-refractivity contribution is -0.116. The maximum atomic E-state index is 12.4. The van der Waals surface area contributed by atoms with Crippen LogP contribution in [-0.4, -0.2) is 31.9 Å². The van der Waals surface area contributed by atoms with E-state index in [0.717, 1.165) is 6.26 Å². The van der Waals surface area contributed by atoms with Crippen molar-refractivity contribution >= 4 is 33.1 Å². The number of nitrogens with zero attached hydrogens (tertiary/aromatic N) is 1. The zero-order valence-electron chi connectivity index (χ0n) is 11.1. The summed E-state index contributed by atoms with van der Waals surface area (Å²) in [4.78, 5) is 25.8. The summed E-state index contributed by atoms with van der Waals surface area (Å²) in [6, 6.07) is 4.68. The van der Waals surface area contributed by atoms with Crippen LogP contribution in [0.3, 0.4) is 0 Å². The molecule has 1 aromatic rings. The molecular weight excluding hydrogens is 280 g/mol. The number of nitrogens with one attached hydrogen (secondary N) is 1. The maximum absolute atomic E-state index is 12.4. The van der Waals surface area contributed by atoms with E-state index in [1.54, 1.807) is 12.1 Å². The predicted molar refractivity (Wildman–Crippen MR) is 74.4 cm³/mol. The van der Waals surface area contributed by atoms with Crippen LogP contribution < -0.4 is 9.62 Å². The molecule has 0 atom stereocenters. The SMILES string of the molecule is CC(=O)N1c2ccc(NS(C)(=O)=O)cc2C(=O)C12CC2. The Balaban J connectivity index is 2.08. The Kier molecular flexibility index (Phi) is 2.50. The summed E-state index contributed by atoms with van der Waals surface area (Å²) in [5.41, 5.74) is 0.601. The number of ketones is 1. The van der Waals surface area contributed by atoms with Crippen LogP contribution in [0, 0.1) is 0 Å². The van der Waals surface area contributed by atoms with Gasteiger partial charge in [-0.15, -0.1) is 0 Å². The summed E-state index contributed by atoms with van der Waals surface area (Å²) < 4.78 is 24.8. The molecule has 1 N–H and O–H groups in total. The lowest BCUT2D eigenvalue weighted by atomic mass is 10.1. The van der Waals surface area contributed by atoms with E-state index in [1.807, 2.05) is 0 Å². The summed E-state index contributed by atoms with van der Waals surface area (Å²) in [5.74, 6) is -0.265. The standard InChI is InChI=1S/C13H14N2O4S/c1-8(16)15-11-4-3-9(14-20(2,18)19)7-10(11)12(17)13(15)5-6-13/h3-4,7,14H,5-6H2,1-2H3. The van der Waals surface area contributed by atoms with E-state index >= 15 is 0 Å². The zero-order chi connectivity index (χ0) is 14.7. The lowest BCUT2D eigenvalue weighted by Crippen LogP contribution is -2.40. The Morgan fingerprint density at radius 1 is 1.35 bits per heavy atom. The van der Waals surface area contributed by atoms with Gasteiger partial charge in [-0.25, -0.2) is 8.42 Å². The van der Waals surface area contributed by atoms with Gasteiger partial charge in [0.05, 0.1) is 11.9 Å². The minimum Gasteiger partial charge on any atom is -0.298 e. The third kappa shape index (κ3) is 1.81. The Morgan fingerprint density at radius 3 is 2.50 bits per heavy atom. The van der Waals surface area contributed by atoms with Gasteiger partial charge in [0.25, 0.3) is 0 Å². The van der Waals surface area contributed by atoms with E-state index in [0.29, 0.717) is 29.8 Å². The van der Waals surface area contributed by atoms with Gasteiger partial charge in [0, 0.05) is 18.2 Å². The molecule has 20 heavy (non-hydrogen) atoms. The van der Waals surface area contributed by atoms with E-state index < -0.39 is 15.6 Å². The molecule has 0 bridgehead atoms. The van der Waals surface area contributed by atoms with Crippen molar-refractivity contribution in [3.63, 3.8) is 0 Å². The molecular formula is C13H14N2O4S. The fourth-order valence-corrected chi connectivity index (χ4v) is 3.37. The van der Waals surface area contributed by atoms with Gasteiger partial charge in [0.15, 0.2) is 5.78 Å². The number of rotatable bonds is 2. The first kappa shape index (κ1) is 13.1. The van der Waals surface area contributed by atoms with Crippen LogP contribution in [0.1, 0.15) is 30.1 Å². The molecule has 106 valence electrons. The molecule has 0 radical (unpaired) electrons. The minimum absolute atomic E-state index is 0.0974. The first-order valence-corrected chi connectivity index (χ1v) is 8.11. The molecule has 6 nitrogen and oxygen atoms in total. The number of sulfonamides is 1. The number of benzene rings is 1.